The topological polar surface area (TPSA) is 78.8 Å². The fourth-order valence-electron chi connectivity index (χ4n) is 3.00. The van der Waals surface area contributed by atoms with Crippen LogP contribution in [0.4, 0.5) is 0 Å². The Morgan fingerprint density at radius 1 is 1.14 bits per heavy atom. The van der Waals surface area contributed by atoms with Gasteiger partial charge in [-0.05, 0) is 64.8 Å². The lowest BCUT2D eigenvalue weighted by atomic mass is 9.81. The molecule has 0 saturated carbocycles. The van der Waals surface area contributed by atoms with Gasteiger partial charge in [0, 0.05) is 11.1 Å². The minimum Gasteiger partial charge on any atom is -0.497 e. The van der Waals surface area contributed by atoms with Gasteiger partial charge >= 0.3 is 5.97 Å². The quantitative estimate of drug-likeness (QED) is 0.783. The van der Waals surface area contributed by atoms with Gasteiger partial charge in [-0.2, -0.15) is 0 Å². The van der Waals surface area contributed by atoms with Crippen LogP contribution in [0.2, 0.25) is 0 Å². The van der Waals surface area contributed by atoms with E-state index in [0.29, 0.717) is 5.75 Å². The standard InChI is InChI=1S/C9H19NO.C8H8O3/c1-8(2)5-7(11)6-9(3,4)10-8;1-11-7-4-2-6(3-5-7)8(9)10/h7,10-11H,5-6H2,1-4H3;2-5H,1H3,(H,9,10). The molecule has 1 aliphatic rings. The van der Waals surface area contributed by atoms with E-state index in [1.807, 2.05) is 0 Å². The molecule has 3 N–H and O–H groups in total. The van der Waals surface area contributed by atoms with E-state index in [-0.39, 0.29) is 22.7 Å². The van der Waals surface area contributed by atoms with Gasteiger partial charge in [-0.25, -0.2) is 4.79 Å². The normalized spacial score (nSPS) is 19.7. The Labute approximate surface area is 132 Å². The van der Waals surface area contributed by atoms with Crippen molar-refractivity contribution >= 4 is 5.97 Å². The summed E-state index contributed by atoms with van der Waals surface area (Å²) in [5, 5.41) is 21.6. The molecule has 1 aromatic carbocycles. The summed E-state index contributed by atoms with van der Waals surface area (Å²) in [6, 6.07) is 6.23. The van der Waals surface area contributed by atoms with Crippen molar-refractivity contribution in [2.24, 2.45) is 0 Å². The summed E-state index contributed by atoms with van der Waals surface area (Å²) < 4.78 is 4.86. The van der Waals surface area contributed by atoms with Crippen molar-refractivity contribution in [3.8, 4) is 5.75 Å². The highest BCUT2D eigenvalue weighted by molar-refractivity contribution is 5.87. The minimum atomic E-state index is -0.923. The first-order chi connectivity index (χ1) is 10.0. The smallest absolute Gasteiger partial charge is 0.335 e. The van der Waals surface area contributed by atoms with Crippen LogP contribution in [-0.2, 0) is 0 Å². The van der Waals surface area contributed by atoms with E-state index < -0.39 is 5.97 Å². The third-order valence-corrected chi connectivity index (χ3v) is 3.51. The fraction of sp³-hybridized carbons (Fsp3) is 0.588. The van der Waals surface area contributed by atoms with Crippen LogP contribution in [0.15, 0.2) is 24.3 Å². The molecule has 0 unspecified atom stereocenters. The van der Waals surface area contributed by atoms with E-state index in [9.17, 15) is 9.90 Å². The molecule has 1 fully saturated rings. The van der Waals surface area contributed by atoms with Crippen molar-refractivity contribution < 1.29 is 19.7 Å². The van der Waals surface area contributed by atoms with E-state index in [2.05, 4.69) is 33.0 Å². The fourth-order valence-corrected chi connectivity index (χ4v) is 3.00. The molecule has 1 saturated heterocycles. The van der Waals surface area contributed by atoms with Gasteiger partial charge in [-0.15, -0.1) is 0 Å². The molecule has 0 aliphatic carbocycles. The summed E-state index contributed by atoms with van der Waals surface area (Å²) >= 11 is 0. The van der Waals surface area contributed by atoms with Gasteiger partial charge in [0.15, 0.2) is 0 Å². The molecular weight excluding hydrogens is 282 g/mol. The van der Waals surface area contributed by atoms with Crippen LogP contribution >= 0.6 is 0 Å². The van der Waals surface area contributed by atoms with Crippen LogP contribution in [0.5, 0.6) is 5.75 Å². The molecule has 0 bridgehead atoms. The second-order valence-corrected chi connectivity index (χ2v) is 6.99. The Kier molecular flexibility index (Phi) is 5.97. The zero-order valence-corrected chi connectivity index (χ0v) is 14.0. The van der Waals surface area contributed by atoms with Crippen LogP contribution in [0.1, 0.15) is 50.9 Å². The molecule has 0 amide bonds. The summed E-state index contributed by atoms with van der Waals surface area (Å²) in [4.78, 5) is 10.4. The number of aliphatic hydroxyl groups is 1. The summed E-state index contributed by atoms with van der Waals surface area (Å²) in [7, 11) is 1.54. The maximum atomic E-state index is 10.4. The first-order valence-corrected chi connectivity index (χ1v) is 7.39. The molecule has 0 atom stereocenters. The predicted molar refractivity (Wildman–Crippen MR) is 86.5 cm³/mol. The molecule has 5 heteroatoms. The largest absolute Gasteiger partial charge is 0.497 e. The number of carboxylic acid groups (broad SMARTS) is 1. The van der Waals surface area contributed by atoms with Gasteiger partial charge < -0.3 is 20.3 Å². The number of benzene rings is 1. The first-order valence-electron chi connectivity index (χ1n) is 7.39. The van der Waals surface area contributed by atoms with Gasteiger partial charge in [0.05, 0.1) is 18.8 Å². The van der Waals surface area contributed by atoms with Gasteiger partial charge in [0.1, 0.15) is 5.75 Å². The van der Waals surface area contributed by atoms with Crippen LogP contribution in [0.3, 0.4) is 0 Å². The molecular formula is C17H27NO4. The van der Waals surface area contributed by atoms with Gasteiger partial charge in [-0.1, -0.05) is 0 Å². The third-order valence-electron chi connectivity index (χ3n) is 3.51. The number of carbonyl (C=O) groups is 1. The van der Waals surface area contributed by atoms with E-state index in [0.717, 1.165) is 12.8 Å². The molecule has 0 aromatic heterocycles. The Hall–Kier alpha value is -1.59. The SMILES string of the molecule is CC1(C)CC(O)CC(C)(C)N1.COc1ccc(C(=O)O)cc1. The number of methoxy groups -OCH3 is 1. The van der Waals surface area contributed by atoms with E-state index >= 15 is 0 Å². The maximum Gasteiger partial charge on any atom is 0.335 e. The molecule has 22 heavy (non-hydrogen) atoms. The Bertz CT molecular complexity index is 478. The molecule has 5 nitrogen and oxygen atoms in total. The average molecular weight is 309 g/mol. The molecule has 124 valence electrons. The van der Waals surface area contributed by atoms with Crippen molar-refractivity contribution in [3.63, 3.8) is 0 Å². The lowest BCUT2D eigenvalue weighted by Crippen LogP contribution is -2.59. The number of rotatable bonds is 2. The number of piperidine rings is 1. The summed E-state index contributed by atoms with van der Waals surface area (Å²) in [6.07, 6.45) is 1.58. The number of carboxylic acids is 1. The van der Waals surface area contributed by atoms with Gasteiger partial charge in [-0.3, -0.25) is 0 Å². The number of nitrogens with one attached hydrogen (secondary N) is 1. The summed E-state index contributed by atoms with van der Waals surface area (Å²) in [5.74, 6) is -0.261. The molecule has 0 spiro atoms. The molecule has 1 aromatic rings. The lowest BCUT2D eigenvalue weighted by molar-refractivity contribution is 0.0396. The third kappa shape index (κ3) is 6.03. The van der Waals surface area contributed by atoms with Crippen molar-refractivity contribution in [1.29, 1.82) is 0 Å². The highest BCUT2D eigenvalue weighted by Gasteiger charge is 2.36. The van der Waals surface area contributed by atoms with Crippen molar-refractivity contribution in [3.05, 3.63) is 29.8 Å². The number of aromatic carboxylic acids is 1. The van der Waals surface area contributed by atoms with E-state index in [4.69, 9.17) is 9.84 Å². The zero-order valence-electron chi connectivity index (χ0n) is 14.0. The number of hydrogen-bond acceptors (Lipinski definition) is 4. The second-order valence-electron chi connectivity index (χ2n) is 6.99. The highest BCUT2D eigenvalue weighted by Crippen LogP contribution is 2.27. The highest BCUT2D eigenvalue weighted by atomic mass is 16.5. The Morgan fingerprint density at radius 3 is 1.91 bits per heavy atom. The molecule has 2 rings (SSSR count). The van der Waals surface area contributed by atoms with Gasteiger partial charge in [0.2, 0.25) is 0 Å². The molecule has 1 aliphatic heterocycles. The first kappa shape index (κ1) is 18.5. The number of aliphatic hydroxyl groups excluding tert-OH is 1. The van der Waals surface area contributed by atoms with Crippen LogP contribution in [0, 0.1) is 0 Å². The molecule has 1 heterocycles. The monoisotopic (exact) mass is 309 g/mol. The van der Waals surface area contributed by atoms with Gasteiger partial charge in [0.25, 0.3) is 0 Å². The van der Waals surface area contributed by atoms with Crippen LogP contribution in [-0.4, -0.2) is 40.5 Å². The molecule has 0 radical (unpaired) electrons. The van der Waals surface area contributed by atoms with Crippen LogP contribution < -0.4 is 10.1 Å². The second kappa shape index (κ2) is 7.11. The van der Waals surface area contributed by atoms with E-state index in [1.54, 1.807) is 12.1 Å². The van der Waals surface area contributed by atoms with E-state index in [1.165, 1.54) is 19.2 Å². The van der Waals surface area contributed by atoms with Crippen molar-refractivity contribution in [2.75, 3.05) is 7.11 Å². The zero-order chi connectivity index (χ0) is 17.0. The van der Waals surface area contributed by atoms with Crippen molar-refractivity contribution in [1.82, 2.24) is 5.32 Å². The average Bonchev–Trinajstić information content (AvgIpc) is 2.35. The summed E-state index contributed by atoms with van der Waals surface area (Å²) in [5.41, 5.74) is 0.438. The summed E-state index contributed by atoms with van der Waals surface area (Å²) in [6.45, 7) is 8.54. The van der Waals surface area contributed by atoms with Crippen LogP contribution in [0.25, 0.3) is 0 Å². The lowest BCUT2D eigenvalue weighted by Gasteiger charge is -2.44. The van der Waals surface area contributed by atoms with Crippen molar-refractivity contribution in [2.45, 2.75) is 57.7 Å². The maximum absolute atomic E-state index is 10.4. The predicted octanol–water partition coefficient (Wildman–Crippen LogP) is 2.68. The minimum absolute atomic E-state index is 0.0845. The Morgan fingerprint density at radius 2 is 1.59 bits per heavy atom. The Balaban J connectivity index is 0.000000220. The number of hydrogen-bond donors (Lipinski definition) is 3. The number of ether oxygens (including phenoxy) is 1.